The van der Waals surface area contributed by atoms with Crippen LogP contribution in [0.1, 0.15) is 79.6 Å². The highest BCUT2D eigenvalue weighted by atomic mass is 16.2. The number of nitrogens with two attached hydrogens (primary N) is 1. The monoisotopic (exact) mass is 585 g/mol. The minimum Gasteiger partial charge on any atom is -0.369 e. The lowest BCUT2D eigenvalue weighted by molar-refractivity contribution is -0.142. The van der Waals surface area contributed by atoms with Crippen molar-refractivity contribution < 1.29 is 19.2 Å². The average molecular weight is 586 g/mol. The molecule has 1 spiro atoms. The highest BCUT2D eigenvalue weighted by Crippen LogP contribution is 2.40. The van der Waals surface area contributed by atoms with E-state index >= 15 is 0 Å². The van der Waals surface area contributed by atoms with Gasteiger partial charge in [-0.2, -0.15) is 0 Å². The number of anilines is 1. The van der Waals surface area contributed by atoms with E-state index in [1.165, 1.54) is 37.7 Å². The second-order valence-corrected chi connectivity index (χ2v) is 12.8. The van der Waals surface area contributed by atoms with Gasteiger partial charge in [-0.3, -0.25) is 19.2 Å². The third kappa shape index (κ3) is 5.86. The molecule has 9 nitrogen and oxygen atoms in total. The van der Waals surface area contributed by atoms with Crippen LogP contribution in [0, 0.1) is 5.92 Å². The lowest BCUT2D eigenvalue weighted by atomic mass is 9.83. The Hall–Kier alpha value is -3.88. The predicted molar refractivity (Wildman–Crippen MR) is 164 cm³/mol. The molecule has 3 saturated heterocycles. The van der Waals surface area contributed by atoms with Crippen LogP contribution in [-0.4, -0.2) is 83.3 Å². The molecule has 3 aliphatic heterocycles. The van der Waals surface area contributed by atoms with Gasteiger partial charge in [-0.05, 0) is 74.3 Å². The summed E-state index contributed by atoms with van der Waals surface area (Å²) in [4.78, 5) is 60.0. The van der Waals surface area contributed by atoms with Crippen molar-refractivity contribution in [3.63, 3.8) is 0 Å². The minimum absolute atomic E-state index is 0.00267. The SMILES string of the molecule is NC(=O)C1CCCN(C(=O)CN2CN(c3ccccc3)C3(CCN(C(=O)c4ccc(C5CCCCC5)cc4)CC3)C2=O)C1. The smallest absolute Gasteiger partial charge is 0.253 e. The summed E-state index contributed by atoms with van der Waals surface area (Å²) in [6.07, 6.45) is 8.71. The topological polar surface area (TPSA) is 107 Å². The Labute approximate surface area is 254 Å². The molecule has 228 valence electrons. The molecule has 1 aliphatic carbocycles. The molecule has 2 aromatic carbocycles. The van der Waals surface area contributed by atoms with Crippen molar-refractivity contribution in [1.82, 2.24) is 14.7 Å². The largest absolute Gasteiger partial charge is 0.369 e. The molecule has 1 saturated carbocycles. The summed E-state index contributed by atoms with van der Waals surface area (Å²) in [6.45, 7) is 2.07. The maximum Gasteiger partial charge on any atom is 0.253 e. The molecule has 0 aromatic heterocycles. The van der Waals surface area contributed by atoms with E-state index in [1.54, 1.807) is 9.80 Å². The molecule has 1 atom stereocenters. The lowest BCUT2D eigenvalue weighted by Gasteiger charge is -2.43. The number of rotatable bonds is 6. The van der Waals surface area contributed by atoms with Crippen LogP contribution in [0.3, 0.4) is 0 Å². The van der Waals surface area contributed by atoms with E-state index in [1.807, 2.05) is 47.4 Å². The Morgan fingerprint density at radius 2 is 1.51 bits per heavy atom. The van der Waals surface area contributed by atoms with Gasteiger partial charge in [0.1, 0.15) is 12.1 Å². The molecule has 3 heterocycles. The van der Waals surface area contributed by atoms with Crippen LogP contribution < -0.4 is 10.6 Å². The number of carbonyl (C=O) groups is 4. The van der Waals surface area contributed by atoms with Gasteiger partial charge in [-0.15, -0.1) is 0 Å². The number of amides is 4. The number of para-hydroxylation sites is 1. The summed E-state index contributed by atoms with van der Waals surface area (Å²) in [5.41, 5.74) is 7.65. The summed E-state index contributed by atoms with van der Waals surface area (Å²) in [7, 11) is 0. The molecular weight excluding hydrogens is 542 g/mol. The van der Waals surface area contributed by atoms with Gasteiger partial charge in [-0.1, -0.05) is 49.6 Å². The molecular formula is C34H43N5O4. The standard InChI is InChI=1S/C34H43N5O4/c35-31(41)28-10-7-19-37(22-28)30(40)23-38-24-39(29-11-5-2-6-12-29)34(33(38)43)17-20-36(21-18-34)32(42)27-15-13-26(14-16-27)25-8-3-1-4-9-25/h2,5-6,11-16,25,28H,1,3-4,7-10,17-24H2,(H2,35,41). The highest BCUT2D eigenvalue weighted by molar-refractivity contribution is 5.98. The van der Waals surface area contributed by atoms with Gasteiger partial charge in [0.15, 0.2) is 0 Å². The summed E-state index contributed by atoms with van der Waals surface area (Å²) in [5.74, 6) is -0.358. The van der Waals surface area contributed by atoms with E-state index in [-0.39, 0.29) is 36.1 Å². The van der Waals surface area contributed by atoms with Crippen LogP contribution in [-0.2, 0) is 14.4 Å². The van der Waals surface area contributed by atoms with Gasteiger partial charge >= 0.3 is 0 Å². The highest BCUT2D eigenvalue weighted by Gasteiger charge is 2.54. The Morgan fingerprint density at radius 1 is 0.814 bits per heavy atom. The van der Waals surface area contributed by atoms with E-state index in [2.05, 4.69) is 17.0 Å². The molecule has 6 rings (SSSR count). The quantitative estimate of drug-likeness (QED) is 0.556. The van der Waals surface area contributed by atoms with Crippen LogP contribution >= 0.6 is 0 Å². The Kier molecular flexibility index (Phi) is 8.41. The molecule has 1 unspecified atom stereocenters. The zero-order chi connectivity index (χ0) is 30.0. The Morgan fingerprint density at radius 3 is 2.19 bits per heavy atom. The van der Waals surface area contributed by atoms with Crippen LogP contribution in [0.2, 0.25) is 0 Å². The van der Waals surface area contributed by atoms with E-state index in [0.29, 0.717) is 63.6 Å². The second kappa shape index (κ2) is 12.4. The maximum absolute atomic E-state index is 14.1. The summed E-state index contributed by atoms with van der Waals surface area (Å²) < 4.78 is 0. The van der Waals surface area contributed by atoms with Gasteiger partial charge in [0.05, 0.1) is 12.6 Å². The molecule has 43 heavy (non-hydrogen) atoms. The molecule has 0 radical (unpaired) electrons. The lowest BCUT2D eigenvalue weighted by Crippen LogP contribution is -2.57. The minimum atomic E-state index is -0.819. The number of hydrogen-bond donors (Lipinski definition) is 1. The van der Waals surface area contributed by atoms with Crippen LogP contribution in [0.15, 0.2) is 54.6 Å². The van der Waals surface area contributed by atoms with Crippen LogP contribution in [0.4, 0.5) is 5.69 Å². The zero-order valence-corrected chi connectivity index (χ0v) is 25.0. The summed E-state index contributed by atoms with van der Waals surface area (Å²) in [5, 5.41) is 0. The summed E-state index contributed by atoms with van der Waals surface area (Å²) in [6, 6.07) is 18.0. The second-order valence-electron chi connectivity index (χ2n) is 12.8. The first kappa shape index (κ1) is 29.2. The number of carbonyl (C=O) groups excluding carboxylic acids is 4. The van der Waals surface area contributed by atoms with E-state index < -0.39 is 5.54 Å². The number of nitrogens with zero attached hydrogens (tertiary/aromatic N) is 4. The van der Waals surface area contributed by atoms with Crippen molar-refractivity contribution in [2.24, 2.45) is 11.7 Å². The molecule has 2 aromatic rings. The first-order chi connectivity index (χ1) is 20.9. The Balaban J connectivity index is 1.15. The molecule has 0 bridgehead atoms. The third-order valence-corrected chi connectivity index (χ3v) is 10.2. The van der Waals surface area contributed by atoms with Crippen molar-refractivity contribution in [3.8, 4) is 0 Å². The van der Waals surface area contributed by atoms with Crippen molar-refractivity contribution in [3.05, 3.63) is 65.7 Å². The van der Waals surface area contributed by atoms with E-state index in [4.69, 9.17) is 5.73 Å². The summed E-state index contributed by atoms with van der Waals surface area (Å²) >= 11 is 0. The van der Waals surface area contributed by atoms with Crippen molar-refractivity contribution in [2.75, 3.05) is 44.3 Å². The van der Waals surface area contributed by atoms with E-state index in [9.17, 15) is 19.2 Å². The Bertz CT molecular complexity index is 1330. The normalized spacial score (nSPS) is 22.7. The van der Waals surface area contributed by atoms with Gasteiger partial charge in [-0.25, -0.2) is 0 Å². The molecule has 2 N–H and O–H groups in total. The number of benzene rings is 2. The fourth-order valence-electron chi connectivity index (χ4n) is 7.62. The molecule has 4 amide bonds. The van der Waals surface area contributed by atoms with Crippen LogP contribution in [0.5, 0.6) is 0 Å². The van der Waals surface area contributed by atoms with Crippen molar-refractivity contribution in [1.29, 1.82) is 0 Å². The number of hydrogen-bond acceptors (Lipinski definition) is 5. The van der Waals surface area contributed by atoms with Gasteiger partial charge in [0, 0.05) is 37.4 Å². The molecule has 4 aliphatic rings. The molecule has 9 heteroatoms. The van der Waals surface area contributed by atoms with Crippen LogP contribution in [0.25, 0.3) is 0 Å². The maximum atomic E-state index is 14.1. The fourth-order valence-corrected chi connectivity index (χ4v) is 7.62. The predicted octanol–water partition coefficient (Wildman–Crippen LogP) is 3.74. The van der Waals surface area contributed by atoms with Gasteiger partial charge in [0.2, 0.25) is 11.8 Å². The number of primary amides is 1. The average Bonchev–Trinajstić information content (AvgIpc) is 3.31. The first-order valence-corrected chi connectivity index (χ1v) is 15.9. The van der Waals surface area contributed by atoms with Gasteiger partial charge in [0.25, 0.3) is 11.8 Å². The number of piperidine rings is 2. The first-order valence-electron chi connectivity index (χ1n) is 15.9. The van der Waals surface area contributed by atoms with Gasteiger partial charge < -0.3 is 25.3 Å². The fraction of sp³-hybridized carbons (Fsp3) is 0.529. The molecule has 4 fully saturated rings. The third-order valence-electron chi connectivity index (χ3n) is 10.2. The van der Waals surface area contributed by atoms with Crippen molar-refractivity contribution in [2.45, 2.75) is 69.2 Å². The number of likely N-dealkylation sites (tertiary alicyclic amines) is 2. The van der Waals surface area contributed by atoms with Crippen molar-refractivity contribution >= 4 is 29.3 Å². The zero-order valence-electron chi connectivity index (χ0n) is 25.0. The van der Waals surface area contributed by atoms with E-state index in [0.717, 1.165) is 12.1 Å².